The van der Waals surface area contributed by atoms with E-state index in [0.29, 0.717) is 31.8 Å². The van der Waals surface area contributed by atoms with E-state index in [9.17, 15) is 14.4 Å². The second-order valence-electron chi connectivity index (χ2n) is 10.5. The highest BCUT2D eigenvalue weighted by atomic mass is 16.2. The van der Waals surface area contributed by atoms with Crippen LogP contribution in [0.15, 0.2) is 6.07 Å². The van der Waals surface area contributed by atoms with Crippen LogP contribution in [0.4, 0.5) is 4.79 Å². The topological polar surface area (TPSA) is 96.3 Å². The SMILES string of the molecule is CCC(C)(C)C1CCC2(CC1)NC(=O)N(CC(=O)NCC(C)Cn1nc(C)cc1C)C2=O. The van der Waals surface area contributed by atoms with Gasteiger partial charge in [0.1, 0.15) is 12.1 Å². The number of rotatable bonds is 8. The molecule has 1 aliphatic heterocycles. The first-order valence-electron chi connectivity index (χ1n) is 11.9. The first-order valence-corrected chi connectivity index (χ1v) is 11.9. The van der Waals surface area contributed by atoms with Crippen molar-refractivity contribution in [2.75, 3.05) is 13.1 Å². The molecule has 32 heavy (non-hydrogen) atoms. The zero-order valence-electron chi connectivity index (χ0n) is 20.5. The van der Waals surface area contributed by atoms with Gasteiger partial charge in [-0.3, -0.25) is 19.2 Å². The van der Waals surface area contributed by atoms with Crippen LogP contribution in [-0.2, 0) is 16.1 Å². The van der Waals surface area contributed by atoms with Crippen molar-refractivity contribution < 1.29 is 14.4 Å². The Bertz CT molecular complexity index is 867. The monoisotopic (exact) mass is 445 g/mol. The fourth-order valence-corrected chi connectivity index (χ4v) is 5.05. The Morgan fingerprint density at radius 3 is 2.53 bits per heavy atom. The van der Waals surface area contributed by atoms with Gasteiger partial charge < -0.3 is 10.6 Å². The van der Waals surface area contributed by atoms with Gasteiger partial charge in [0.15, 0.2) is 0 Å². The lowest BCUT2D eigenvalue weighted by Crippen LogP contribution is -2.51. The third-order valence-corrected chi connectivity index (χ3v) is 7.64. The van der Waals surface area contributed by atoms with Crippen LogP contribution in [-0.4, -0.2) is 51.2 Å². The van der Waals surface area contributed by atoms with Gasteiger partial charge in [0.05, 0.1) is 5.69 Å². The summed E-state index contributed by atoms with van der Waals surface area (Å²) in [5.41, 5.74) is 1.46. The van der Waals surface area contributed by atoms with Crippen LogP contribution >= 0.6 is 0 Å². The number of amides is 4. The fourth-order valence-electron chi connectivity index (χ4n) is 5.05. The van der Waals surface area contributed by atoms with Crippen LogP contribution in [0.2, 0.25) is 0 Å². The molecule has 8 nitrogen and oxygen atoms in total. The molecular formula is C24H39N5O3. The largest absolute Gasteiger partial charge is 0.354 e. The summed E-state index contributed by atoms with van der Waals surface area (Å²) in [7, 11) is 0. The third-order valence-electron chi connectivity index (χ3n) is 7.64. The highest BCUT2D eigenvalue weighted by molar-refractivity contribution is 6.09. The number of carbonyl (C=O) groups excluding carboxylic acids is 3. The molecule has 1 saturated heterocycles. The van der Waals surface area contributed by atoms with Crippen molar-refractivity contribution >= 4 is 17.8 Å². The zero-order chi connectivity index (χ0) is 23.7. The number of aromatic nitrogens is 2. The molecule has 2 aliphatic rings. The molecule has 178 valence electrons. The highest BCUT2D eigenvalue weighted by Crippen LogP contribution is 2.45. The number of hydrogen-bond acceptors (Lipinski definition) is 4. The maximum atomic E-state index is 13.1. The van der Waals surface area contributed by atoms with Gasteiger partial charge in [0.2, 0.25) is 5.91 Å². The van der Waals surface area contributed by atoms with Gasteiger partial charge in [-0.25, -0.2) is 4.79 Å². The van der Waals surface area contributed by atoms with Gasteiger partial charge in [0.25, 0.3) is 5.91 Å². The summed E-state index contributed by atoms with van der Waals surface area (Å²) < 4.78 is 1.93. The number of nitrogens with one attached hydrogen (secondary N) is 2. The predicted octanol–water partition coefficient (Wildman–Crippen LogP) is 3.17. The molecule has 0 aromatic carbocycles. The quantitative estimate of drug-likeness (QED) is 0.601. The van der Waals surface area contributed by atoms with E-state index in [4.69, 9.17) is 0 Å². The van der Waals surface area contributed by atoms with Crippen LogP contribution in [0.3, 0.4) is 0 Å². The first kappa shape index (κ1) is 24.3. The summed E-state index contributed by atoms with van der Waals surface area (Å²) in [6.45, 7) is 13.7. The number of nitrogens with zero attached hydrogens (tertiary/aromatic N) is 3. The molecule has 1 unspecified atom stereocenters. The van der Waals surface area contributed by atoms with Gasteiger partial charge in [-0.2, -0.15) is 5.10 Å². The summed E-state index contributed by atoms with van der Waals surface area (Å²) in [5.74, 6) is 0.153. The third kappa shape index (κ3) is 4.99. The summed E-state index contributed by atoms with van der Waals surface area (Å²) in [6, 6.07) is 1.57. The maximum Gasteiger partial charge on any atom is 0.325 e. The minimum absolute atomic E-state index is 0.170. The number of imide groups is 1. The minimum atomic E-state index is -0.833. The molecule has 4 amide bonds. The van der Waals surface area contributed by atoms with E-state index >= 15 is 0 Å². The number of aryl methyl sites for hydroxylation is 2. The Morgan fingerprint density at radius 1 is 1.31 bits per heavy atom. The lowest BCUT2D eigenvalue weighted by atomic mass is 9.65. The lowest BCUT2D eigenvalue weighted by Gasteiger charge is -2.42. The molecule has 1 aliphatic carbocycles. The minimum Gasteiger partial charge on any atom is -0.354 e. The standard InChI is InChI=1S/C24H39N5O3/c1-7-23(5,6)19-8-10-24(11-9-19)21(31)28(22(32)26-24)15-20(30)25-13-16(2)14-29-18(4)12-17(3)27-29/h12,16,19H,7-11,13-15H2,1-6H3,(H,25,30)(H,26,32). The molecular weight excluding hydrogens is 406 g/mol. The van der Waals surface area contributed by atoms with Gasteiger partial charge in [-0.05, 0) is 62.8 Å². The molecule has 1 atom stereocenters. The van der Waals surface area contributed by atoms with Crippen molar-refractivity contribution in [3.8, 4) is 0 Å². The number of urea groups is 1. The Hall–Kier alpha value is -2.38. The van der Waals surface area contributed by atoms with Crippen LogP contribution in [0.1, 0.15) is 71.2 Å². The Labute approximate surface area is 191 Å². The summed E-state index contributed by atoms with van der Waals surface area (Å²) >= 11 is 0. The average molecular weight is 446 g/mol. The molecule has 1 saturated carbocycles. The van der Waals surface area contributed by atoms with Gasteiger partial charge in [-0.15, -0.1) is 0 Å². The van der Waals surface area contributed by atoms with E-state index in [1.165, 1.54) is 0 Å². The highest BCUT2D eigenvalue weighted by Gasteiger charge is 2.53. The second kappa shape index (κ2) is 9.24. The van der Waals surface area contributed by atoms with Crippen molar-refractivity contribution in [3.63, 3.8) is 0 Å². The Morgan fingerprint density at radius 2 is 1.97 bits per heavy atom. The van der Waals surface area contributed by atoms with Crippen molar-refractivity contribution in [3.05, 3.63) is 17.5 Å². The van der Waals surface area contributed by atoms with E-state index in [2.05, 4.69) is 36.5 Å². The van der Waals surface area contributed by atoms with Crippen molar-refractivity contribution in [1.82, 2.24) is 25.3 Å². The molecule has 2 fully saturated rings. The summed E-state index contributed by atoms with van der Waals surface area (Å²) in [4.78, 5) is 39.3. The average Bonchev–Trinajstić information content (AvgIpc) is 3.16. The summed E-state index contributed by atoms with van der Waals surface area (Å²) in [6.07, 6.45) is 4.20. The van der Waals surface area contributed by atoms with Gasteiger partial charge >= 0.3 is 6.03 Å². The fraction of sp³-hybridized carbons (Fsp3) is 0.750. The normalized spacial score (nSPS) is 24.7. The van der Waals surface area contributed by atoms with Crippen LogP contribution in [0, 0.1) is 31.1 Å². The molecule has 2 heterocycles. The van der Waals surface area contributed by atoms with Crippen molar-refractivity contribution in [1.29, 1.82) is 0 Å². The van der Waals surface area contributed by atoms with E-state index in [0.717, 1.165) is 35.6 Å². The van der Waals surface area contributed by atoms with E-state index in [-0.39, 0.29) is 29.7 Å². The van der Waals surface area contributed by atoms with E-state index in [1.807, 2.05) is 31.5 Å². The second-order valence-corrected chi connectivity index (χ2v) is 10.5. The first-order chi connectivity index (χ1) is 15.0. The molecule has 2 N–H and O–H groups in total. The molecule has 8 heteroatoms. The van der Waals surface area contributed by atoms with Crippen molar-refractivity contribution in [2.24, 2.45) is 17.3 Å². The van der Waals surface area contributed by atoms with Gasteiger partial charge in [0, 0.05) is 18.8 Å². The summed E-state index contributed by atoms with van der Waals surface area (Å²) in [5, 5.41) is 10.2. The maximum absolute atomic E-state index is 13.1. The smallest absolute Gasteiger partial charge is 0.325 e. The van der Waals surface area contributed by atoms with Gasteiger partial charge in [-0.1, -0.05) is 34.1 Å². The molecule has 0 radical (unpaired) electrons. The van der Waals surface area contributed by atoms with E-state index in [1.54, 1.807) is 0 Å². The predicted molar refractivity (Wildman–Crippen MR) is 123 cm³/mol. The molecule has 0 bridgehead atoms. The van der Waals surface area contributed by atoms with Crippen LogP contribution < -0.4 is 10.6 Å². The zero-order valence-corrected chi connectivity index (χ0v) is 20.5. The molecule has 1 aromatic heterocycles. The Kier molecular flexibility index (Phi) is 7.00. The molecule has 3 rings (SSSR count). The van der Waals surface area contributed by atoms with Crippen LogP contribution in [0.25, 0.3) is 0 Å². The lowest BCUT2D eigenvalue weighted by molar-refractivity contribution is -0.136. The van der Waals surface area contributed by atoms with Crippen molar-refractivity contribution in [2.45, 2.75) is 85.7 Å². The van der Waals surface area contributed by atoms with Crippen LogP contribution in [0.5, 0.6) is 0 Å². The Balaban J connectivity index is 1.51. The molecule has 1 aromatic rings. The number of carbonyl (C=O) groups is 3. The van der Waals surface area contributed by atoms with E-state index < -0.39 is 11.6 Å². The number of hydrogen-bond donors (Lipinski definition) is 2. The molecule has 1 spiro atoms.